The van der Waals surface area contributed by atoms with Gasteiger partial charge in [0.15, 0.2) is 0 Å². The van der Waals surface area contributed by atoms with Crippen molar-refractivity contribution in [1.29, 1.82) is 5.26 Å². The quantitative estimate of drug-likeness (QED) is 0.876. The average Bonchev–Trinajstić information content (AvgIpc) is 2.46. The molecule has 4 nitrogen and oxygen atoms in total. The molecule has 2 rings (SSSR count). The molecule has 0 fully saturated rings. The zero-order chi connectivity index (χ0) is 13.7. The molecule has 0 heterocycles. The van der Waals surface area contributed by atoms with Crippen LogP contribution in [-0.2, 0) is 0 Å². The number of primary amides is 1. The van der Waals surface area contributed by atoms with Gasteiger partial charge >= 0.3 is 0 Å². The first kappa shape index (κ1) is 12.7. The maximum absolute atomic E-state index is 11.3. The second kappa shape index (κ2) is 5.69. The number of rotatable bonds is 4. The number of amides is 1. The highest BCUT2D eigenvalue weighted by Crippen LogP contribution is 2.21. The van der Waals surface area contributed by atoms with Crippen LogP contribution in [0.2, 0.25) is 0 Å². The molecule has 1 amide bonds. The van der Waals surface area contributed by atoms with E-state index in [2.05, 4.69) is 11.4 Å². The van der Waals surface area contributed by atoms with E-state index in [4.69, 9.17) is 5.73 Å². The fourth-order valence-electron chi connectivity index (χ4n) is 1.81. The van der Waals surface area contributed by atoms with E-state index in [1.54, 1.807) is 24.3 Å². The fraction of sp³-hybridized carbons (Fsp3) is 0.0667. The minimum Gasteiger partial charge on any atom is -0.366 e. The third-order valence-electron chi connectivity index (χ3n) is 2.75. The molecular weight excluding hydrogens is 238 g/mol. The molecule has 94 valence electrons. The number of nitrogens with two attached hydrogens (primary N) is 1. The third kappa shape index (κ3) is 2.90. The molecule has 1 atom stereocenters. The lowest BCUT2D eigenvalue weighted by atomic mass is 10.1. The van der Waals surface area contributed by atoms with Gasteiger partial charge in [0.25, 0.3) is 5.91 Å². The van der Waals surface area contributed by atoms with Crippen LogP contribution in [0, 0.1) is 11.3 Å². The average molecular weight is 251 g/mol. The van der Waals surface area contributed by atoms with Crippen LogP contribution in [0.15, 0.2) is 54.6 Å². The summed E-state index contributed by atoms with van der Waals surface area (Å²) < 4.78 is 0. The standard InChI is InChI=1S/C15H13N3O/c16-10-14(11-6-2-1-3-7-11)18-13-9-5-4-8-12(13)15(17)19/h1-9,14,18H,(H2,17,19). The van der Waals surface area contributed by atoms with Crippen LogP contribution in [0.1, 0.15) is 22.0 Å². The summed E-state index contributed by atoms with van der Waals surface area (Å²) in [4.78, 5) is 11.3. The van der Waals surface area contributed by atoms with E-state index >= 15 is 0 Å². The van der Waals surface area contributed by atoms with Gasteiger partial charge in [-0.25, -0.2) is 0 Å². The first-order valence-electron chi connectivity index (χ1n) is 5.82. The third-order valence-corrected chi connectivity index (χ3v) is 2.75. The minimum absolute atomic E-state index is 0.374. The molecule has 0 saturated carbocycles. The number of hydrogen-bond acceptors (Lipinski definition) is 3. The Balaban J connectivity index is 2.30. The summed E-state index contributed by atoms with van der Waals surface area (Å²) in [5.41, 5.74) is 7.08. The van der Waals surface area contributed by atoms with Gasteiger partial charge in [0.05, 0.1) is 11.6 Å². The summed E-state index contributed by atoms with van der Waals surface area (Å²) in [5.74, 6) is -0.521. The maximum atomic E-state index is 11.3. The summed E-state index contributed by atoms with van der Waals surface area (Å²) in [6, 6.07) is 17.8. The zero-order valence-corrected chi connectivity index (χ0v) is 10.2. The topological polar surface area (TPSA) is 78.9 Å². The smallest absolute Gasteiger partial charge is 0.250 e. The van der Waals surface area contributed by atoms with Gasteiger partial charge in [0.1, 0.15) is 6.04 Å². The molecule has 0 spiro atoms. The summed E-state index contributed by atoms with van der Waals surface area (Å²) in [5, 5.41) is 12.3. The lowest BCUT2D eigenvalue weighted by Crippen LogP contribution is -2.16. The predicted molar refractivity (Wildman–Crippen MR) is 73.4 cm³/mol. The van der Waals surface area contributed by atoms with E-state index < -0.39 is 11.9 Å². The number of nitrogens with zero attached hydrogens (tertiary/aromatic N) is 1. The van der Waals surface area contributed by atoms with Crippen molar-refractivity contribution in [1.82, 2.24) is 0 Å². The zero-order valence-electron chi connectivity index (χ0n) is 10.2. The highest BCUT2D eigenvalue weighted by atomic mass is 16.1. The van der Waals surface area contributed by atoms with Crippen molar-refractivity contribution in [3.05, 3.63) is 65.7 Å². The molecule has 19 heavy (non-hydrogen) atoms. The molecule has 2 aromatic rings. The molecule has 0 radical (unpaired) electrons. The molecule has 4 heteroatoms. The van der Waals surface area contributed by atoms with E-state index in [9.17, 15) is 10.1 Å². The van der Waals surface area contributed by atoms with Gasteiger partial charge in [0.2, 0.25) is 0 Å². The van der Waals surface area contributed by atoms with Crippen LogP contribution >= 0.6 is 0 Å². The predicted octanol–water partition coefficient (Wildman–Crippen LogP) is 2.46. The SMILES string of the molecule is N#CC(Nc1ccccc1C(N)=O)c1ccccc1. The molecule has 0 saturated heterocycles. The van der Waals surface area contributed by atoms with Crippen molar-refractivity contribution in [2.24, 2.45) is 5.73 Å². The Labute approximate surface area is 111 Å². The van der Waals surface area contributed by atoms with E-state index in [0.29, 0.717) is 11.3 Å². The van der Waals surface area contributed by atoms with Crippen LogP contribution in [0.5, 0.6) is 0 Å². The van der Waals surface area contributed by atoms with Crippen molar-refractivity contribution >= 4 is 11.6 Å². The molecule has 2 aromatic carbocycles. The lowest BCUT2D eigenvalue weighted by Gasteiger charge is -2.15. The first-order valence-corrected chi connectivity index (χ1v) is 5.82. The highest BCUT2D eigenvalue weighted by molar-refractivity contribution is 5.98. The van der Waals surface area contributed by atoms with Crippen LogP contribution in [-0.4, -0.2) is 5.91 Å². The first-order chi connectivity index (χ1) is 9.22. The lowest BCUT2D eigenvalue weighted by molar-refractivity contribution is 0.100. The van der Waals surface area contributed by atoms with Gasteiger partial charge < -0.3 is 11.1 Å². The summed E-state index contributed by atoms with van der Waals surface area (Å²) >= 11 is 0. The minimum atomic E-state index is -0.526. The molecule has 3 N–H and O–H groups in total. The number of nitriles is 1. The van der Waals surface area contributed by atoms with Gasteiger partial charge in [-0.05, 0) is 17.7 Å². The Bertz CT molecular complexity index is 617. The molecule has 0 aromatic heterocycles. The largest absolute Gasteiger partial charge is 0.366 e. The number of para-hydroxylation sites is 1. The Morgan fingerprint density at radius 3 is 2.37 bits per heavy atom. The van der Waals surface area contributed by atoms with E-state index in [1.165, 1.54) is 0 Å². The van der Waals surface area contributed by atoms with Crippen molar-refractivity contribution in [2.45, 2.75) is 6.04 Å². The number of benzene rings is 2. The van der Waals surface area contributed by atoms with Crippen molar-refractivity contribution in [3.8, 4) is 6.07 Å². The summed E-state index contributed by atoms with van der Waals surface area (Å²) in [6.45, 7) is 0. The van der Waals surface area contributed by atoms with E-state index in [-0.39, 0.29) is 0 Å². The van der Waals surface area contributed by atoms with E-state index in [0.717, 1.165) is 5.56 Å². The van der Waals surface area contributed by atoms with Crippen molar-refractivity contribution in [3.63, 3.8) is 0 Å². The molecular formula is C15H13N3O. The molecule has 0 bridgehead atoms. The number of hydrogen-bond donors (Lipinski definition) is 2. The summed E-state index contributed by atoms with van der Waals surface area (Å²) in [6.07, 6.45) is 0. The second-order valence-corrected chi connectivity index (χ2v) is 4.03. The van der Waals surface area contributed by atoms with Gasteiger partial charge in [0, 0.05) is 5.69 Å². The van der Waals surface area contributed by atoms with Crippen molar-refractivity contribution < 1.29 is 4.79 Å². The van der Waals surface area contributed by atoms with Crippen LogP contribution in [0.25, 0.3) is 0 Å². The van der Waals surface area contributed by atoms with Crippen molar-refractivity contribution in [2.75, 3.05) is 5.32 Å². The number of nitrogens with one attached hydrogen (secondary N) is 1. The molecule has 0 aliphatic rings. The van der Waals surface area contributed by atoms with Gasteiger partial charge in [-0.3, -0.25) is 4.79 Å². The maximum Gasteiger partial charge on any atom is 0.250 e. The highest BCUT2D eigenvalue weighted by Gasteiger charge is 2.13. The second-order valence-electron chi connectivity index (χ2n) is 4.03. The Morgan fingerprint density at radius 1 is 1.11 bits per heavy atom. The van der Waals surface area contributed by atoms with Crippen LogP contribution in [0.4, 0.5) is 5.69 Å². The molecule has 0 aliphatic carbocycles. The van der Waals surface area contributed by atoms with Gasteiger partial charge in [-0.2, -0.15) is 5.26 Å². The molecule has 1 unspecified atom stereocenters. The van der Waals surface area contributed by atoms with Gasteiger partial charge in [-0.1, -0.05) is 42.5 Å². The fourth-order valence-corrected chi connectivity index (χ4v) is 1.81. The number of carbonyl (C=O) groups is 1. The number of carbonyl (C=O) groups excluding carboxylic acids is 1. The number of anilines is 1. The molecule has 0 aliphatic heterocycles. The summed E-state index contributed by atoms with van der Waals surface area (Å²) in [7, 11) is 0. The van der Waals surface area contributed by atoms with E-state index in [1.807, 2.05) is 30.3 Å². The van der Waals surface area contributed by atoms with Gasteiger partial charge in [-0.15, -0.1) is 0 Å². The Kier molecular flexibility index (Phi) is 3.79. The monoisotopic (exact) mass is 251 g/mol. The van der Waals surface area contributed by atoms with Crippen LogP contribution < -0.4 is 11.1 Å². The Morgan fingerprint density at radius 2 is 1.74 bits per heavy atom. The van der Waals surface area contributed by atoms with Crippen LogP contribution in [0.3, 0.4) is 0 Å². The normalized spacial score (nSPS) is 11.3. The Hall–Kier alpha value is -2.80.